The Morgan fingerprint density at radius 1 is 1.29 bits per heavy atom. The van der Waals surface area contributed by atoms with E-state index in [0.717, 1.165) is 42.1 Å². The van der Waals surface area contributed by atoms with Crippen molar-refractivity contribution in [3.8, 4) is 0 Å². The van der Waals surface area contributed by atoms with Gasteiger partial charge >= 0.3 is 0 Å². The average molecular weight is 324 g/mol. The zero-order chi connectivity index (χ0) is 14.7. The molecule has 0 aliphatic carbocycles. The molecule has 1 fully saturated rings. The van der Waals surface area contributed by atoms with Crippen molar-refractivity contribution in [1.29, 1.82) is 0 Å². The molecule has 0 saturated carbocycles. The quantitative estimate of drug-likeness (QED) is 0.928. The van der Waals surface area contributed by atoms with Crippen molar-refractivity contribution < 1.29 is 4.74 Å². The first kappa shape index (κ1) is 14.6. The van der Waals surface area contributed by atoms with E-state index in [1.165, 1.54) is 4.88 Å². The topological polar surface area (TPSA) is 37.4 Å². The van der Waals surface area contributed by atoms with E-state index in [-0.39, 0.29) is 6.04 Å². The van der Waals surface area contributed by atoms with E-state index in [1.54, 1.807) is 11.3 Å². The summed E-state index contributed by atoms with van der Waals surface area (Å²) >= 11 is 7.58. The minimum absolute atomic E-state index is 0.221. The molecule has 0 amide bonds. The minimum atomic E-state index is 0.221. The highest BCUT2D eigenvalue weighted by molar-refractivity contribution is 7.16. The fourth-order valence-corrected chi connectivity index (χ4v) is 3.40. The largest absolute Gasteiger partial charge is 0.378 e. The van der Waals surface area contributed by atoms with Crippen LogP contribution in [0.3, 0.4) is 0 Å². The zero-order valence-electron chi connectivity index (χ0n) is 11.9. The summed E-state index contributed by atoms with van der Waals surface area (Å²) in [5.74, 6) is 1.01. The number of nitrogens with zero attached hydrogens (tertiary/aromatic N) is 2. The lowest BCUT2D eigenvalue weighted by Gasteiger charge is -2.27. The molecule has 0 aromatic carbocycles. The summed E-state index contributed by atoms with van der Waals surface area (Å²) in [5, 5.41) is 3.45. The fourth-order valence-electron chi connectivity index (χ4n) is 2.33. The number of thiophene rings is 1. The highest BCUT2D eigenvalue weighted by Gasteiger charge is 2.13. The SMILES string of the molecule is CC(Nc1ccc(N2CCOCC2)nc1)c1ccc(Cl)s1. The van der Waals surface area contributed by atoms with Crippen LogP contribution in [0.15, 0.2) is 30.5 Å². The first-order chi connectivity index (χ1) is 10.2. The molecule has 1 aliphatic heterocycles. The molecule has 3 rings (SSSR count). The van der Waals surface area contributed by atoms with Gasteiger partial charge in [0.25, 0.3) is 0 Å². The Morgan fingerprint density at radius 3 is 2.71 bits per heavy atom. The van der Waals surface area contributed by atoms with Crippen molar-refractivity contribution in [2.24, 2.45) is 0 Å². The van der Waals surface area contributed by atoms with E-state index in [1.807, 2.05) is 12.3 Å². The predicted molar refractivity (Wildman–Crippen MR) is 88.6 cm³/mol. The number of halogens is 1. The molecule has 21 heavy (non-hydrogen) atoms. The number of hydrogen-bond donors (Lipinski definition) is 1. The van der Waals surface area contributed by atoms with Crippen LogP contribution in [0.25, 0.3) is 0 Å². The van der Waals surface area contributed by atoms with Crippen LogP contribution >= 0.6 is 22.9 Å². The van der Waals surface area contributed by atoms with Crippen molar-refractivity contribution in [1.82, 2.24) is 4.98 Å². The lowest BCUT2D eigenvalue weighted by atomic mass is 10.2. The number of anilines is 2. The minimum Gasteiger partial charge on any atom is -0.378 e. The van der Waals surface area contributed by atoms with Crippen LogP contribution in [-0.4, -0.2) is 31.3 Å². The molecule has 0 bridgehead atoms. The van der Waals surface area contributed by atoms with Gasteiger partial charge in [-0.2, -0.15) is 0 Å². The third kappa shape index (κ3) is 3.67. The molecule has 0 radical (unpaired) electrons. The molecule has 6 heteroatoms. The average Bonchev–Trinajstić information content (AvgIpc) is 2.96. The number of rotatable bonds is 4. The van der Waals surface area contributed by atoms with Crippen molar-refractivity contribution in [2.45, 2.75) is 13.0 Å². The van der Waals surface area contributed by atoms with Crippen molar-refractivity contribution in [3.05, 3.63) is 39.7 Å². The zero-order valence-corrected chi connectivity index (χ0v) is 13.5. The Hall–Kier alpha value is -1.30. The van der Waals surface area contributed by atoms with E-state index in [2.05, 4.69) is 40.3 Å². The van der Waals surface area contributed by atoms with Gasteiger partial charge in [0.05, 0.1) is 35.5 Å². The monoisotopic (exact) mass is 323 g/mol. The highest BCUT2D eigenvalue weighted by Crippen LogP contribution is 2.29. The molecule has 1 aliphatic rings. The fraction of sp³-hybridized carbons (Fsp3) is 0.400. The van der Waals surface area contributed by atoms with Gasteiger partial charge in [-0.05, 0) is 31.2 Å². The molecular weight excluding hydrogens is 306 g/mol. The Labute approximate surface area is 133 Å². The van der Waals surface area contributed by atoms with Gasteiger partial charge in [-0.25, -0.2) is 4.98 Å². The Balaban J connectivity index is 1.63. The molecule has 2 aromatic heterocycles. The molecule has 3 heterocycles. The maximum Gasteiger partial charge on any atom is 0.128 e. The van der Waals surface area contributed by atoms with Gasteiger partial charge in [-0.15, -0.1) is 11.3 Å². The molecule has 2 aromatic rings. The number of nitrogens with one attached hydrogen (secondary N) is 1. The van der Waals surface area contributed by atoms with Crippen LogP contribution in [0.1, 0.15) is 17.8 Å². The van der Waals surface area contributed by atoms with Gasteiger partial charge in [0.1, 0.15) is 5.82 Å². The van der Waals surface area contributed by atoms with Gasteiger partial charge in [0.15, 0.2) is 0 Å². The van der Waals surface area contributed by atoms with E-state index in [4.69, 9.17) is 16.3 Å². The molecule has 112 valence electrons. The number of morpholine rings is 1. The van der Waals surface area contributed by atoms with Crippen molar-refractivity contribution in [3.63, 3.8) is 0 Å². The molecule has 1 atom stereocenters. The molecule has 1 saturated heterocycles. The Morgan fingerprint density at radius 2 is 2.10 bits per heavy atom. The van der Waals surface area contributed by atoms with E-state index < -0.39 is 0 Å². The number of ether oxygens (including phenoxy) is 1. The second-order valence-corrected chi connectivity index (χ2v) is 6.76. The van der Waals surface area contributed by atoms with Gasteiger partial charge < -0.3 is 15.0 Å². The second-order valence-electron chi connectivity index (χ2n) is 5.01. The summed E-state index contributed by atoms with van der Waals surface area (Å²) in [7, 11) is 0. The van der Waals surface area contributed by atoms with Gasteiger partial charge in [-0.1, -0.05) is 11.6 Å². The third-order valence-corrected chi connectivity index (χ3v) is 4.90. The summed E-state index contributed by atoms with van der Waals surface area (Å²) in [5.41, 5.74) is 1.02. The number of aromatic nitrogens is 1. The number of pyridine rings is 1. The predicted octanol–water partition coefficient (Wildman–Crippen LogP) is 3.81. The van der Waals surface area contributed by atoms with E-state index in [9.17, 15) is 0 Å². The summed E-state index contributed by atoms with van der Waals surface area (Å²) in [4.78, 5) is 8.00. The highest BCUT2D eigenvalue weighted by atomic mass is 35.5. The lowest BCUT2D eigenvalue weighted by Crippen LogP contribution is -2.36. The maximum atomic E-state index is 5.98. The Bertz CT molecular complexity index is 581. The third-order valence-electron chi connectivity index (χ3n) is 3.49. The molecule has 0 spiro atoms. The van der Waals surface area contributed by atoms with Crippen LogP contribution < -0.4 is 10.2 Å². The van der Waals surface area contributed by atoms with Crippen LogP contribution in [0, 0.1) is 0 Å². The van der Waals surface area contributed by atoms with Gasteiger partial charge in [0, 0.05) is 18.0 Å². The van der Waals surface area contributed by atoms with Crippen LogP contribution in [0.5, 0.6) is 0 Å². The normalized spacial score (nSPS) is 16.8. The van der Waals surface area contributed by atoms with Crippen molar-refractivity contribution in [2.75, 3.05) is 36.5 Å². The standard InChI is InChI=1S/C15H18ClN3OS/c1-11(13-3-4-14(16)21-13)18-12-2-5-15(17-10-12)19-6-8-20-9-7-19/h2-5,10-11,18H,6-9H2,1H3. The van der Waals surface area contributed by atoms with Crippen molar-refractivity contribution >= 4 is 34.4 Å². The Kier molecular flexibility index (Phi) is 4.63. The number of hydrogen-bond acceptors (Lipinski definition) is 5. The molecular formula is C15H18ClN3OS. The van der Waals surface area contributed by atoms with E-state index >= 15 is 0 Å². The lowest BCUT2D eigenvalue weighted by molar-refractivity contribution is 0.122. The van der Waals surface area contributed by atoms with Crippen LogP contribution in [-0.2, 0) is 4.74 Å². The second kappa shape index (κ2) is 6.64. The van der Waals surface area contributed by atoms with Crippen LogP contribution in [0.2, 0.25) is 4.34 Å². The summed E-state index contributed by atoms with van der Waals surface area (Å²) in [6, 6.07) is 8.34. The summed E-state index contributed by atoms with van der Waals surface area (Å²) < 4.78 is 6.18. The van der Waals surface area contributed by atoms with Gasteiger partial charge in [-0.3, -0.25) is 0 Å². The molecule has 1 unspecified atom stereocenters. The first-order valence-electron chi connectivity index (χ1n) is 7.03. The summed E-state index contributed by atoms with van der Waals surface area (Å²) in [6.07, 6.45) is 1.89. The van der Waals surface area contributed by atoms with Gasteiger partial charge in [0.2, 0.25) is 0 Å². The molecule has 4 nitrogen and oxygen atoms in total. The van der Waals surface area contributed by atoms with E-state index in [0.29, 0.717) is 0 Å². The first-order valence-corrected chi connectivity index (χ1v) is 8.22. The summed E-state index contributed by atoms with van der Waals surface area (Å²) in [6.45, 7) is 5.49. The smallest absolute Gasteiger partial charge is 0.128 e. The molecule has 1 N–H and O–H groups in total. The maximum absolute atomic E-state index is 5.98. The van der Waals surface area contributed by atoms with Crippen LogP contribution in [0.4, 0.5) is 11.5 Å².